The Morgan fingerprint density at radius 3 is 2.05 bits per heavy atom. The zero-order chi connectivity index (χ0) is 14.7. The van der Waals surface area contributed by atoms with E-state index in [2.05, 4.69) is 48.5 Å². The van der Waals surface area contributed by atoms with Crippen molar-refractivity contribution in [2.45, 2.75) is 6.92 Å². The summed E-state index contributed by atoms with van der Waals surface area (Å²) in [5.41, 5.74) is 3.08. The van der Waals surface area contributed by atoms with Crippen LogP contribution in [0.5, 0.6) is 5.75 Å². The number of hydrogen-bond donors (Lipinski definition) is 1. The fraction of sp³-hybridized carbons (Fsp3) is 0.0526. The minimum absolute atomic E-state index is 0.341. The van der Waals surface area contributed by atoms with Gasteiger partial charge >= 0.3 is 0 Å². The van der Waals surface area contributed by atoms with Gasteiger partial charge in [-0.05, 0) is 34.7 Å². The second kappa shape index (κ2) is 6.11. The Morgan fingerprint density at radius 1 is 0.714 bits per heavy atom. The summed E-state index contributed by atoms with van der Waals surface area (Å²) in [5, 5.41) is 12.7. The lowest BCUT2D eigenvalue weighted by Crippen LogP contribution is -2.02. The summed E-state index contributed by atoms with van der Waals surface area (Å²) in [5.74, 6) is 0.341. The van der Waals surface area contributed by atoms with E-state index in [0.29, 0.717) is 14.3 Å². The molecule has 0 spiro atoms. The topological polar surface area (TPSA) is 20.2 Å². The molecule has 0 saturated carbocycles. The lowest BCUT2D eigenvalue weighted by atomic mass is 10.00. The van der Waals surface area contributed by atoms with Crippen LogP contribution < -0.4 is 10.6 Å². The third-order valence-electron chi connectivity index (χ3n) is 3.49. The monoisotopic (exact) mass is 292 g/mol. The predicted octanol–water partition coefficient (Wildman–Crippen LogP) is 4.00. The Kier molecular flexibility index (Phi) is 4.03. The van der Waals surface area contributed by atoms with Crippen LogP contribution in [0.1, 0.15) is 5.56 Å². The number of phenolic OH excluding ortho intramolecular Hbond substituents is 1. The molecule has 3 aromatic carbocycles. The molecule has 104 valence electrons. The first kappa shape index (κ1) is 13.9. The molecule has 0 aliphatic carbocycles. The number of benzene rings is 3. The van der Waals surface area contributed by atoms with Gasteiger partial charge in [0, 0.05) is 5.56 Å². The first-order valence-electron chi connectivity index (χ1n) is 6.95. The second-order valence-electron chi connectivity index (χ2n) is 5.04. The van der Waals surface area contributed by atoms with Crippen molar-refractivity contribution in [2.75, 3.05) is 0 Å². The van der Waals surface area contributed by atoms with Crippen LogP contribution in [-0.4, -0.2) is 5.11 Å². The molecule has 0 aromatic heterocycles. The predicted molar refractivity (Wildman–Crippen MR) is 92.3 cm³/mol. The summed E-state index contributed by atoms with van der Waals surface area (Å²) in [4.78, 5) is 0. The largest absolute Gasteiger partial charge is 0.507 e. The fourth-order valence-electron chi connectivity index (χ4n) is 2.44. The van der Waals surface area contributed by atoms with Crippen LogP contribution >= 0.6 is 8.58 Å². The maximum absolute atomic E-state index is 10.1. The summed E-state index contributed by atoms with van der Waals surface area (Å²) < 4.78 is 0. The highest BCUT2D eigenvalue weighted by atomic mass is 31.1. The molecule has 0 aliphatic rings. The lowest BCUT2D eigenvalue weighted by Gasteiger charge is -2.09. The Balaban J connectivity index is 1.88. The molecule has 0 bridgehead atoms. The van der Waals surface area contributed by atoms with Crippen molar-refractivity contribution in [3.63, 3.8) is 0 Å². The average Bonchev–Trinajstić information content (AvgIpc) is 2.50. The van der Waals surface area contributed by atoms with E-state index in [-0.39, 0.29) is 0 Å². The molecular weight excluding hydrogens is 275 g/mol. The zero-order valence-electron chi connectivity index (χ0n) is 11.9. The van der Waals surface area contributed by atoms with Gasteiger partial charge in [-0.1, -0.05) is 75.3 Å². The molecule has 21 heavy (non-hydrogen) atoms. The molecule has 3 rings (SSSR count). The van der Waals surface area contributed by atoms with Crippen molar-refractivity contribution in [1.82, 2.24) is 0 Å². The van der Waals surface area contributed by atoms with Crippen LogP contribution in [0.2, 0.25) is 0 Å². The van der Waals surface area contributed by atoms with E-state index in [9.17, 15) is 5.11 Å². The molecule has 0 fully saturated rings. The summed E-state index contributed by atoms with van der Waals surface area (Å²) in [6.45, 7) is 2.02. The van der Waals surface area contributed by atoms with Gasteiger partial charge in [0.25, 0.3) is 0 Å². The average molecular weight is 292 g/mol. The highest BCUT2D eigenvalue weighted by Crippen LogP contribution is 2.31. The highest BCUT2D eigenvalue weighted by Gasteiger charge is 2.07. The van der Waals surface area contributed by atoms with Gasteiger partial charge in [0.05, 0.1) is 0 Å². The van der Waals surface area contributed by atoms with Gasteiger partial charge in [0.1, 0.15) is 5.75 Å². The van der Waals surface area contributed by atoms with E-state index in [4.69, 9.17) is 0 Å². The van der Waals surface area contributed by atoms with Gasteiger partial charge in [0.2, 0.25) is 0 Å². The van der Waals surface area contributed by atoms with E-state index in [1.54, 1.807) is 6.07 Å². The van der Waals surface area contributed by atoms with E-state index < -0.39 is 0 Å². The molecule has 0 amide bonds. The maximum atomic E-state index is 10.1. The molecule has 0 saturated heterocycles. The third kappa shape index (κ3) is 3.15. The molecule has 1 nitrogen and oxygen atoms in total. The fourth-order valence-corrected chi connectivity index (χ4v) is 3.46. The normalized spacial score (nSPS) is 11.1. The number of hydrogen-bond acceptors (Lipinski definition) is 1. The number of aromatic hydroxyl groups is 1. The van der Waals surface area contributed by atoms with Crippen molar-refractivity contribution >= 4 is 19.2 Å². The van der Waals surface area contributed by atoms with Gasteiger partial charge in [-0.25, -0.2) is 0 Å². The molecule has 1 N–H and O–H groups in total. The highest BCUT2D eigenvalue weighted by molar-refractivity contribution is 7.55. The van der Waals surface area contributed by atoms with Crippen molar-refractivity contribution in [3.8, 4) is 16.9 Å². The van der Waals surface area contributed by atoms with Crippen LogP contribution in [0.3, 0.4) is 0 Å². The SMILES string of the molecule is Cc1cccc(O)c1-c1ccc(Pc2ccccc2)cc1. The Morgan fingerprint density at radius 2 is 1.38 bits per heavy atom. The van der Waals surface area contributed by atoms with E-state index >= 15 is 0 Å². The third-order valence-corrected chi connectivity index (χ3v) is 4.73. The van der Waals surface area contributed by atoms with Crippen molar-refractivity contribution < 1.29 is 5.11 Å². The van der Waals surface area contributed by atoms with Crippen molar-refractivity contribution in [2.24, 2.45) is 0 Å². The second-order valence-corrected chi connectivity index (χ2v) is 6.44. The standard InChI is InChI=1S/C19H17OP/c1-14-6-5-9-18(20)19(14)15-10-12-17(13-11-15)21-16-7-3-2-4-8-16/h2-13,20-21H,1H3. The summed E-state index contributed by atoms with van der Waals surface area (Å²) >= 11 is 0. The van der Waals surface area contributed by atoms with Crippen LogP contribution in [0, 0.1) is 6.92 Å². The Labute approximate surface area is 127 Å². The first-order valence-corrected chi connectivity index (χ1v) is 7.95. The molecule has 0 heterocycles. The quantitative estimate of drug-likeness (QED) is 0.724. The van der Waals surface area contributed by atoms with Crippen molar-refractivity contribution in [1.29, 1.82) is 0 Å². The van der Waals surface area contributed by atoms with Gasteiger partial charge in [0.15, 0.2) is 0 Å². The van der Waals surface area contributed by atoms with Gasteiger partial charge in [-0.15, -0.1) is 0 Å². The maximum Gasteiger partial charge on any atom is 0.123 e. The molecule has 1 atom stereocenters. The number of aryl methyl sites for hydroxylation is 1. The van der Waals surface area contributed by atoms with Crippen LogP contribution in [0.15, 0.2) is 72.8 Å². The van der Waals surface area contributed by atoms with E-state index in [0.717, 1.165) is 16.7 Å². The van der Waals surface area contributed by atoms with Gasteiger partial charge in [-0.2, -0.15) is 0 Å². The smallest absolute Gasteiger partial charge is 0.123 e. The van der Waals surface area contributed by atoms with E-state index in [1.807, 2.05) is 25.1 Å². The molecular formula is C19H17OP. The molecule has 0 radical (unpaired) electrons. The molecule has 2 heteroatoms. The minimum Gasteiger partial charge on any atom is -0.507 e. The van der Waals surface area contributed by atoms with Gasteiger partial charge in [-0.3, -0.25) is 0 Å². The Bertz CT molecular complexity index is 713. The minimum atomic E-state index is 0.341. The van der Waals surface area contributed by atoms with Crippen LogP contribution in [0.4, 0.5) is 0 Å². The lowest BCUT2D eigenvalue weighted by molar-refractivity contribution is 0.477. The molecule has 1 unspecified atom stereocenters. The van der Waals surface area contributed by atoms with Gasteiger partial charge < -0.3 is 5.11 Å². The van der Waals surface area contributed by atoms with Crippen LogP contribution in [0.25, 0.3) is 11.1 Å². The van der Waals surface area contributed by atoms with Crippen molar-refractivity contribution in [3.05, 3.63) is 78.4 Å². The number of rotatable bonds is 3. The number of phenols is 1. The first-order chi connectivity index (χ1) is 10.2. The summed E-state index contributed by atoms with van der Waals surface area (Å²) in [6.07, 6.45) is 0. The molecule has 0 aliphatic heterocycles. The van der Waals surface area contributed by atoms with E-state index in [1.165, 1.54) is 10.6 Å². The van der Waals surface area contributed by atoms with Crippen LogP contribution in [-0.2, 0) is 0 Å². The summed E-state index contributed by atoms with van der Waals surface area (Å²) in [6, 6.07) is 24.6. The zero-order valence-corrected chi connectivity index (χ0v) is 12.9. The Hall–Kier alpha value is -2.11. The summed E-state index contributed by atoms with van der Waals surface area (Å²) in [7, 11) is 0.663. The molecule has 3 aromatic rings.